The smallest absolute Gasteiger partial charge is 0.288 e. The molecule has 0 saturated heterocycles. The molecule has 0 bridgehead atoms. The van der Waals surface area contributed by atoms with Gasteiger partial charge in [0, 0.05) is 0 Å². The Labute approximate surface area is 98.4 Å². The van der Waals surface area contributed by atoms with Crippen molar-refractivity contribution in [2.75, 3.05) is 11.1 Å². The van der Waals surface area contributed by atoms with Crippen LogP contribution in [0.25, 0.3) is 4.85 Å². The minimum Gasteiger partial charge on any atom is -0.397 e. The number of rotatable bonds is 2. The molecule has 0 aliphatic rings. The van der Waals surface area contributed by atoms with Crippen molar-refractivity contribution in [1.29, 1.82) is 0 Å². The summed E-state index contributed by atoms with van der Waals surface area (Å²) in [5.74, 6) is 1.44. The van der Waals surface area contributed by atoms with E-state index < -0.39 is 0 Å². The highest BCUT2D eigenvalue weighted by molar-refractivity contribution is 5.57. The maximum absolute atomic E-state index is 6.76. The summed E-state index contributed by atoms with van der Waals surface area (Å²) in [7, 11) is 0. The summed E-state index contributed by atoms with van der Waals surface area (Å²) in [5.41, 5.74) is 7.25. The van der Waals surface area contributed by atoms with E-state index in [9.17, 15) is 0 Å². The summed E-state index contributed by atoms with van der Waals surface area (Å²) in [6.07, 6.45) is 4.47. The number of hydrogen-bond donors (Lipinski definition) is 2. The highest BCUT2D eigenvalue weighted by Gasteiger charge is 2.02. The van der Waals surface area contributed by atoms with Gasteiger partial charge in [-0.25, -0.2) is 9.97 Å². The average molecular weight is 226 g/mol. The van der Waals surface area contributed by atoms with Gasteiger partial charge in [-0.05, 0) is 18.6 Å². The first-order chi connectivity index (χ1) is 8.19. The van der Waals surface area contributed by atoms with Crippen LogP contribution < -0.4 is 11.1 Å². The predicted molar refractivity (Wildman–Crippen MR) is 65.0 cm³/mol. The summed E-state index contributed by atoms with van der Waals surface area (Å²) in [5, 5.41) is 2.98. The fraction of sp³-hybridized carbons (Fsp3) is 0.0909. The van der Waals surface area contributed by atoms with Crippen LogP contribution in [-0.2, 0) is 0 Å². The molecule has 0 radical (unpaired) electrons. The van der Waals surface area contributed by atoms with E-state index in [0.717, 1.165) is 5.56 Å². The van der Waals surface area contributed by atoms with Gasteiger partial charge in [-0.2, -0.15) is 0 Å². The Bertz CT molecular complexity index is 570. The second-order valence-electron chi connectivity index (χ2n) is 3.42. The average Bonchev–Trinajstić information content (AvgIpc) is 2.35. The molecule has 0 fully saturated rings. The number of pyridine rings is 1. The van der Waals surface area contributed by atoms with E-state index in [1.54, 1.807) is 6.20 Å². The molecule has 0 atom stereocenters. The minimum atomic E-state index is 0.261. The zero-order chi connectivity index (χ0) is 12.3. The van der Waals surface area contributed by atoms with Crippen molar-refractivity contribution in [2.24, 2.45) is 0 Å². The van der Waals surface area contributed by atoms with Crippen molar-refractivity contribution >= 4 is 23.1 Å². The molecule has 0 saturated carbocycles. The number of anilines is 3. The summed E-state index contributed by atoms with van der Waals surface area (Å²) >= 11 is 0. The molecule has 17 heavy (non-hydrogen) atoms. The Hall–Kier alpha value is -2.68. The molecule has 2 aromatic heterocycles. The van der Waals surface area contributed by atoms with E-state index in [1.165, 1.54) is 12.4 Å². The van der Waals surface area contributed by atoms with Crippen LogP contribution in [0.3, 0.4) is 0 Å². The van der Waals surface area contributed by atoms with Crippen LogP contribution in [0.1, 0.15) is 5.56 Å². The van der Waals surface area contributed by atoms with Crippen molar-refractivity contribution < 1.29 is 0 Å². The molecule has 6 heteroatoms. The van der Waals surface area contributed by atoms with Gasteiger partial charge in [-0.3, -0.25) is 0 Å². The number of aryl methyl sites for hydroxylation is 1. The van der Waals surface area contributed by atoms with Gasteiger partial charge in [-0.15, -0.1) is 4.98 Å². The van der Waals surface area contributed by atoms with Crippen molar-refractivity contribution in [2.45, 2.75) is 6.92 Å². The normalized spacial score (nSPS) is 9.65. The second-order valence-corrected chi connectivity index (χ2v) is 3.42. The number of nitrogen functional groups attached to an aromatic ring is 1. The molecule has 2 rings (SSSR count). The molecular weight excluding hydrogens is 216 g/mol. The molecule has 0 unspecified atom stereocenters. The van der Waals surface area contributed by atoms with Crippen molar-refractivity contribution in [3.63, 3.8) is 0 Å². The molecule has 0 aromatic carbocycles. The van der Waals surface area contributed by atoms with Crippen LogP contribution in [-0.4, -0.2) is 15.0 Å². The highest BCUT2D eigenvalue weighted by Crippen LogP contribution is 2.17. The Balaban J connectivity index is 2.20. The lowest BCUT2D eigenvalue weighted by Crippen LogP contribution is -1.98. The third-order valence-corrected chi connectivity index (χ3v) is 2.16. The molecule has 0 amide bonds. The maximum atomic E-state index is 6.76. The van der Waals surface area contributed by atoms with Crippen LogP contribution in [0.4, 0.5) is 23.1 Å². The second kappa shape index (κ2) is 4.45. The first kappa shape index (κ1) is 10.8. The molecular formula is C11H10N6. The number of nitrogens with two attached hydrogens (primary N) is 1. The van der Waals surface area contributed by atoms with Gasteiger partial charge in [0.2, 0.25) is 0 Å². The van der Waals surface area contributed by atoms with Gasteiger partial charge in [0.15, 0.2) is 12.0 Å². The van der Waals surface area contributed by atoms with E-state index in [4.69, 9.17) is 12.3 Å². The molecule has 6 nitrogen and oxygen atoms in total. The maximum Gasteiger partial charge on any atom is 0.288 e. The van der Waals surface area contributed by atoms with Gasteiger partial charge in [0.25, 0.3) is 5.82 Å². The van der Waals surface area contributed by atoms with Crippen molar-refractivity contribution in [1.82, 2.24) is 15.0 Å². The van der Waals surface area contributed by atoms with E-state index in [0.29, 0.717) is 17.3 Å². The molecule has 2 aromatic rings. The Morgan fingerprint density at radius 3 is 2.53 bits per heavy atom. The minimum absolute atomic E-state index is 0.261. The summed E-state index contributed by atoms with van der Waals surface area (Å²) in [6.45, 7) is 8.66. The fourth-order valence-electron chi connectivity index (χ4n) is 1.21. The van der Waals surface area contributed by atoms with Crippen LogP contribution in [0, 0.1) is 13.5 Å². The monoisotopic (exact) mass is 226 g/mol. The fourth-order valence-corrected chi connectivity index (χ4v) is 1.21. The van der Waals surface area contributed by atoms with Gasteiger partial charge in [-0.1, -0.05) is 6.57 Å². The molecule has 2 heterocycles. The van der Waals surface area contributed by atoms with Gasteiger partial charge in [0.1, 0.15) is 5.82 Å². The number of aromatic nitrogens is 3. The molecule has 84 valence electrons. The highest BCUT2D eigenvalue weighted by atomic mass is 15.1. The van der Waals surface area contributed by atoms with E-state index in [-0.39, 0.29) is 5.82 Å². The standard InChI is InChI=1S/C11H10N6/c1-7-3-9(14-4-8(7)12)17-11-6-15-10(13-2)5-16-11/h3-6H,12H2,1H3,(H,14,16,17). The first-order valence-corrected chi connectivity index (χ1v) is 4.87. The van der Waals surface area contributed by atoms with Crippen LogP contribution in [0.5, 0.6) is 0 Å². The Morgan fingerprint density at radius 1 is 1.18 bits per heavy atom. The summed E-state index contributed by atoms with van der Waals surface area (Å²) in [4.78, 5) is 15.2. The SMILES string of the molecule is [C-]#[N+]c1cnc(Nc2cc(C)c(N)cn2)cn1. The Morgan fingerprint density at radius 2 is 1.94 bits per heavy atom. The summed E-state index contributed by atoms with van der Waals surface area (Å²) < 4.78 is 0. The van der Waals surface area contributed by atoms with Crippen LogP contribution >= 0.6 is 0 Å². The molecule has 0 aliphatic heterocycles. The van der Waals surface area contributed by atoms with Crippen molar-refractivity contribution in [3.05, 3.63) is 41.6 Å². The number of hydrogen-bond acceptors (Lipinski definition) is 5. The third-order valence-electron chi connectivity index (χ3n) is 2.16. The lowest BCUT2D eigenvalue weighted by molar-refractivity contribution is 1.19. The van der Waals surface area contributed by atoms with E-state index in [1.807, 2.05) is 13.0 Å². The van der Waals surface area contributed by atoms with E-state index in [2.05, 4.69) is 25.1 Å². The number of nitrogens with zero attached hydrogens (tertiary/aromatic N) is 4. The first-order valence-electron chi connectivity index (χ1n) is 4.87. The molecule has 3 N–H and O–H groups in total. The van der Waals surface area contributed by atoms with Gasteiger partial charge in [0.05, 0.1) is 18.1 Å². The quantitative estimate of drug-likeness (QED) is 0.766. The Kier molecular flexibility index (Phi) is 2.83. The van der Waals surface area contributed by atoms with Crippen LogP contribution in [0.2, 0.25) is 0 Å². The lowest BCUT2D eigenvalue weighted by Gasteiger charge is -2.05. The van der Waals surface area contributed by atoms with E-state index >= 15 is 0 Å². The van der Waals surface area contributed by atoms with Gasteiger partial charge < -0.3 is 15.9 Å². The number of nitrogens with one attached hydrogen (secondary N) is 1. The molecule has 0 spiro atoms. The zero-order valence-corrected chi connectivity index (χ0v) is 9.18. The summed E-state index contributed by atoms with van der Waals surface area (Å²) in [6, 6.07) is 1.82. The zero-order valence-electron chi connectivity index (χ0n) is 9.18. The van der Waals surface area contributed by atoms with Gasteiger partial charge >= 0.3 is 0 Å². The topological polar surface area (TPSA) is 81.1 Å². The van der Waals surface area contributed by atoms with Crippen LogP contribution in [0.15, 0.2) is 24.7 Å². The molecule has 0 aliphatic carbocycles. The lowest BCUT2D eigenvalue weighted by atomic mass is 10.2. The largest absolute Gasteiger partial charge is 0.397 e. The predicted octanol–water partition coefficient (Wildman–Crippen LogP) is 2.06. The third kappa shape index (κ3) is 2.46. The van der Waals surface area contributed by atoms with Crippen molar-refractivity contribution in [3.8, 4) is 0 Å².